The summed E-state index contributed by atoms with van der Waals surface area (Å²) in [6.45, 7) is 7.90. The number of non-ortho nitro benzene ring substituents is 1. The Labute approximate surface area is 159 Å². The maximum absolute atomic E-state index is 13.3. The van der Waals surface area contributed by atoms with Crippen molar-refractivity contribution in [3.05, 3.63) is 75.8 Å². The summed E-state index contributed by atoms with van der Waals surface area (Å²) in [6.07, 6.45) is 0.369. The van der Waals surface area contributed by atoms with Crippen molar-refractivity contribution in [3.63, 3.8) is 0 Å². The second-order valence-corrected chi connectivity index (χ2v) is 7.40. The van der Waals surface area contributed by atoms with E-state index < -0.39 is 22.0 Å². The second kappa shape index (κ2) is 8.31. The first-order chi connectivity index (χ1) is 12.7. The quantitative estimate of drug-likeness (QED) is 0.453. The molecule has 0 radical (unpaired) electrons. The summed E-state index contributed by atoms with van der Waals surface area (Å²) in [7, 11) is 0. The number of nitrogens with zero attached hydrogens (tertiary/aromatic N) is 1. The van der Waals surface area contributed by atoms with Gasteiger partial charge in [0.05, 0.1) is 4.92 Å². The minimum atomic E-state index is -1.14. The summed E-state index contributed by atoms with van der Waals surface area (Å²) >= 11 is 0. The van der Waals surface area contributed by atoms with Crippen LogP contribution in [0.25, 0.3) is 0 Å². The summed E-state index contributed by atoms with van der Waals surface area (Å²) in [4.78, 5) is 23.8. The van der Waals surface area contributed by atoms with E-state index >= 15 is 0 Å². The molecule has 6 nitrogen and oxygen atoms in total. The van der Waals surface area contributed by atoms with Crippen LogP contribution in [0.1, 0.15) is 38.8 Å². The second-order valence-electron chi connectivity index (χ2n) is 7.40. The number of likely N-dealkylation sites (N-methyl/N-ethyl adjacent to an activating group) is 1. The Hall–Kier alpha value is -2.73. The molecule has 0 heterocycles. The molecule has 0 spiro atoms. The molecule has 0 bridgehead atoms. The first-order valence-electron chi connectivity index (χ1n) is 8.95. The predicted molar refractivity (Wildman–Crippen MR) is 104 cm³/mol. The van der Waals surface area contributed by atoms with E-state index in [-0.39, 0.29) is 5.69 Å². The van der Waals surface area contributed by atoms with Crippen molar-refractivity contribution in [3.8, 4) is 0 Å². The molecule has 0 amide bonds. The van der Waals surface area contributed by atoms with E-state index in [2.05, 4.69) is 5.32 Å². The molecule has 0 aliphatic heterocycles. The lowest BCUT2D eigenvalue weighted by Gasteiger charge is -2.35. The van der Waals surface area contributed by atoms with Crippen LogP contribution >= 0.6 is 0 Å². The van der Waals surface area contributed by atoms with Crippen LogP contribution in [-0.2, 0) is 21.5 Å². The van der Waals surface area contributed by atoms with Crippen LogP contribution in [0.15, 0.2) is 54.6 Å². The molecule has 2 aromatic carbocycles. The van der Waals surface area contributed by atoms with Gasteiger partial charge in [0, 0.05) is 18.6 Å². The third-order valence-corrected chi connectivity index (χ3v) is 4.11. The zero-order valence-electron chi connectivity index (χ0n) is 16.2. The lowest BCUT2D eigenvalue weighted by Crippen LogP contribution is -2.53. The number of rotatable bonds is 7. The maximum Gasteiger partial charge on any atom is 0.331 e. The van der Waals surface area contributed by atoms with Crippen molar-refractivity contribution < 1.29 is 14.5 Å². The van der Waals surface area contributed by atoms with Crippen LogP contribution in [0.4, 0.5) is 5.69 Å². The fourth-order valence-corrected chi connectivity index (χ4v) is 2.97. The van der Waals surface area contributed by atoms with Gasteiger partial charge in [0.1, 0.15) is 11.1 Å². The Bertz CT molecular complexity index is 782. The van der Waals surface area contributed by atoms with Crippen LogP contribution < -0.4 is 5.32 Å². The van der Waals surface area contributed by atoms with E-state index in [1.54, 1.807) is 12.1 Å². The minimum absolute atomic E-state index is 0.0203. The highest BCUT2D eigenvalue weighted by Gasteiger charge is 2.43. The predicted octanol–water partition coefficient (Wildman–Crippen LogP) is 3.98. The van der Waals surface area contributed by atoms with Gasteiger partial charge in [-0.05, 0) is 50.6 Å². The molecular weight excluding hydrogens is 344 g/mol. The molecule has 27 heavy (non-hydrogen) atoms. The molecule has 1 N–H and O–H groups in total. The van der Waals surface area contributed by atoms with E-state index in [4.69, 9.17) is 4.74 Å². The number of esters is 1. The first-order valence-corrected chi connectivity index (χ1v) is 8.95. The fourth-order valence-electron chi connectivity index (χ4n) is 2.97. The first kappa shape index (κ1) is 20.6. The van der Waals surface area contributed by atoms with Gasteiger partial charge in [-0.3, -0.25) is 15.4 Å². The van der Waals surface area contributed by atoms with Crippen LogP contribution in [0.2, 0.25) is 0 Å². The van der Waals surface area contributed by atoms with Gasteiger partial charge in [-0.2, -0.15) is 0 Å². The Morgan fingerprint density at radius 3 is 2.15 bits per heavy atom. The molecule has 144 valence electrons. The lowest BCUT2D eigenvalue weighted by molar-refractivity contribution is -0.384. The van der Waals surface area contributed by atoms with Crippen LogP contribution in [0.3, 0.4) is 0 Å². The molecule has 0 saturated heterocycles. The Balaban J connectivity index is 2.55. The molecular formula is C21H26N2O4. The van der Waals surface area contributed by atoms with E-state index in [9.17, 15) is 14.9 Å². The molecule has 6 heteroatoms. The molecule has 0 aromatic heterocycles. The zero-order valence-corrected chi connectivity index (χ0v) is 16.2. The molecule has 2 aromatic rings. The monoisotopic (exact) mass is 370 g/mol. The molecule has 2 rings (SSSR count). The number of hydrogen-bond acceptors (Lipinski definition) is 5. The van der Waals surface area contributed by atoms with Gasteiger partial charge in [0.15, 0.2) is 0 Å². The van der Waals surface area contributed by atoms with E-state index in [1.165, 1.54) is 12.1 Å². The normalized spacial score (nSPS) is 13.6. The van der Waals surface area contributed by atoms with Gasteiger partial charge < -0.3 is 4.74 Å². The fraction of sp³-hybridized carbons (Fsp3) is 0.381. The molecule has 0 saturated carbocycles. The zero-order chi connectivity index (χ0) is 20.1. The summed E-state index contributed by atoms with van der Waals surface area (Å²) in [5.74, 6) is -0.408. The summed E-state index contributed by atoms with van der Waals surface area (Å²) < 4.78 is 5.72. The molecule has 1 atom stereocenters. The van der Waals surface area contributed by atoms with Gasteiger partial charge in [-0.1, -0.05) is 37.3 Å². The maximum atomic E-state index is 13.3. The molecule has 0 aliphatic rings. The topological polar surface area (TPSA) is 81.5 Å². The van der Waals surface area contributed by atoms with Gasteiger partial charge >= 0.3 is 5.97 Å². The van der Waals surface area contributed by atoms with E-state index in [0.717, 1.165) is 5.56 Å². The number of hydrogen-bond donors (Lipinski definition) is 1. The van der Waals surface area contributed by atoms with Crippen molar-refractivity contribution in [1.82, 2.24) is 5.32 Å². The molecule has 0 unspecified atom stereocenters. The van der Waals surface area contributed by atoms with Gasteiger partial charge in [-0.15, -0.1) is 0 Å². The van der Waals surface area contributed by atoms with E-state index in [1.807, 2.05) is 58.0 Å². The number of carbonyl (C=O) groups excluding carboxylic acids is 1. The number of nitrogens with one attached hydrogen (secondary N) is 1. The number of ether oxygens (including phenoxy) is 1. The van der Waals surface area contributed by atoms with Gasteiger partial charge in [0.25, 0.3) is 5.69 Å². The van der Waals surface area contributed by atoms with Gasteiger partial charge in [-0.25, -0.2) is 4.79 Å². The third kappa shape index (κ3) is 5.14. The highest BCUT2D eigenvalue weighted by atomic mass is 16.6. The average Bonchev–Trinajstić information content (AvgIpc) is 2.60. The summed E-state index contributed by atoms with van der Waals surface area (Å²) in [5.41, 5.74) is -0.225. The standard InChI is InChI=1S/C21H26N2O4/c1-5-22-21(19(24)27-20(2,3)4,15-16-9-7-6-8-10-16)17-11-13-18(14-12-17)23(25)26/h6-14,22H,5,15H2,1-4H3/t21-/m1/s1. The highest BCUT2D eigenvalue weighted by molar-refractivity contribution is 5.83. The van der Waals surface area contributed by atoms with Crippen molar-refractivity contribution in [1.29, 1.82) is 0 Å². The Morgan fingerprint density at radius 2 is 1.67 bits per heavy atom. The largest absolute Gasteiger partial charge is 0.458 e. The van der Waals surface area contributed by atoms with Crippen LogP contribution in [0, 0.1) is 10.1 Å². The number of carbonyl (C=O) groups is 1. The van der Waals surface area contributed by atoms with Crippen molar-refractivity contribution >= 4 is 11.7 Å². The van der Waals surface area contributed by atoms with Crippen molar-refractivity contribution in [2.75, 3.05) is 6.54 Å². The lowest BCUT2D eigenvalue weighted by atomic mass is 9.83. The Kier molecular flexibility index (Phi) is 6.33. The van der Waals surface area contributed by atoms with Crippen LogP contribution in [-0.4, -0.2) is 23.0 Å². The smallest absolute Gasteiger partial charge is 0.331 e. The van der Waals surface area contributed by atoms with Crippen LogP contribution in [0.5, 0.6) is 0 Å². The number of benzene rings is 2. The number of nitro groups is 1. The molecule has 0 fully saturated rings. The summed E-state index contributed by atoms with van der Waals surface area (Å²) in [5, 5.41) is 14.3. The number of nitro benzene ring substituents is 1. The minimum Gasteiger partial charge on any atom is -0.458 e. The Morgan fingerprint density at radius 1 is 1.07 bits per heavy atom. The summed E-state index contributed by atoms with van der Waals surface area (Å²) in [6, 6.07) is 15.7. The SMILES string of the molecule is CCN[C@@](Cc1ccccc1)(C(=O)OC(C)(C)C)c1ccc([N+](=O)[O-])cc1. The third-order valence-electron chi connectivity index (χ3n) is 4.11. The van der Waals surface area contributed by atoms with Crippen molar-refractivity contribution in [2.45, 2.75) is 45.3 Å². The van der Waals surface area contributed by atoms with Gasteiger partial charge in [0.2, 0.25) is 0 Å². The highest BCUT2D eigenvalue weighted by Crippen LogP contribution is 2.31. The molecule has 0 aliphatic carbocycles. The van der Waals surface area contributed by atoms with E-state index in [0.29, 0.717) is 18.5 Å². The van der Waals surface area contributed by atoms with Crippen molar-refractivity contribution in [2.24, 2.45) is 0 Å². The average molecular weight is 370 g/mol.